The van der Waals surface area contributed by atoms with E-state index in [4.69, 9.17) is 0 Å². The summed E-state index contributed by atoms with van der Waals surface area (Å²) in [5.41, 5.74) is 0.776. The topological polar surface area (TPSA) is 32.3 Å². The molecule has 4 atom stereocenters. The van der Waals surface area contributed by atoms with E-state index in [0.717, 1.165) is 19.3 Å². The van der Waals surface area contributed by atoms with Crippen molar-refractivity contribution in [3.63, 3.8) is 0 Å². The summed E-state index contributed by atoms with van der Waals surface area (Å²) in [5.74, 6) is 0.890. The summed E-state index contributed by atoms with van der Waals surface area (Å²) in [5, 5.41) is 7.81. The van der Waals surface area contributed by atoms with Crippen LogP contribution in [0.4, 0.5) is 0 Å². The Morgan fingerprint density at radius 3 is 2.67 bits per heavy atom. The van der Waals surface area contributed by atoms with Crippen LogP contribution >= 0.6 is 11.3 Å². The summed E-state index contributed by atoms with van der Waals surface area (Å²) in [6, 6.07) is 2.39. The Labute approximate surface area is 132 Å². The molecule has 1 saturated heterocycles. The zero-order chi connectivity index (χ0) is 15.6. The Kier molecular flexibility index (Phi) is 5.10. The Morgan fingerprint density at radius 2 is 2.14 bits per heavy atom. The Balaban J connectivity index is 2.27. The van der Waals surface area contributed by atoms with Crippen molar-refractivity contribution in [2.75, 3.05) is 0 Å². The molecule has 4 heteroatoms. The van der Waals surface area contributed by atoms with Crippen molar-refractivity contribution in [1.29, 1.82) is 0 Å². The molecule has 0 saturated carbocycles. The van der Waals surface area contributed by atoms with Crippen molar-refractivity contribution in [1.82, 2.24) is 10.2 Å². The van der Waals surface area contributed by atoms with Crippen LogP contribution in [0.15, 0.2) is 16.8 Å². The molecule has 2 rings (SSSR count). The SMILES string of the molecule is CCC(C)CC(C)N1C(=O)C(C)(CC)NC1c1ccsc1. The van der Waals surface area contributed by atoms with Gasteiger partial charge >= 0.3 is 0 Å². The van der Waals surface area contributed by atoms with Crippen LogP contribution in [0.3, 0.4) is 0 Å². The fourth-order valence-corrected chi connectivity index (χ4v) is 3.76. The number of hydrogen-bond donors (Lipinski definition) is 1. The number of nitrogens with one attached hydrogen (secondary N) is 1. The molecule has 1 amide bonds. The highest BCUT2D eigenvalue weighted by molar-refractivity contribution is 7.07. The van der Waals surface area contributed by atoms with Gasteiger partial charge in [0.15, 0.2) is 0 Å². The van der Waals surface area contributed by atoms with E-state index in [2.05, 4.69) is 54.7 Å². The average Bonchev–Trinajstić information content (AvgIpc) is 3.07. The summed E-state index contributed by atoms with van der Waals surface area (Å²) in [6.07, 6.45) is 3.06. The van der Waals surface area contributed by atoms with E-state index in [0.29, 0.717) is 5.92 Å². The summed E-state index contributed by atoms with van der Waals surface area (Å²) in [4.78, 5) is 15.0. The van der Waals surface area contributed by atoms with Gasteiger partial charge in [0, 0.05) is 6.04 Å². The molecule has 4 unspecified atom stereocenters. The standard InChI is InChI=1S/C17H28N2OS/c1-6-12(3)10-13(4)19-15(14-8-9-21-11-14)18-17(5,7-2)16(19)20/h8-9,11-13,15,18H,6-7,10H2,1-5H3. The summed E-state index contributed by atoms with van der Waals surface area (Å²) in [6.45, 7) is 10.8. The third-order valence-corrected chi connectivity index (χ3v) is 5.62. The fourth-order valence-electron chi connectivity index (χ4n) is 3.08. The zero-order valence-electron chi connectivity index (χ0n) is 13.8. The van der Waals surface area contributed by atoms with Gasteiger partial charge in [-0.3, -0.25) is 10.1 Å². The van der Waals surface area contributed by atoms with Crippen LogP contribution in [0, 0.1) is 5.92 Å². The van der Waals surface area contributed by atoms with E-state index < -0.39 is 5.54 Å². The first-order chi connectivity index (χ1) is 9.92. The summed E-state index contributed by atoms with van der Waals surface area (Å²) < 4.78 is 0. The normalized spacial score (nSPS) is 28.9. The minimum atomic E-state index is -0.434. The van der Waals surface area contributed by atoms with Gasteiger partial charge in [-0.2, -0.15) is 11.3 Å². The van der Waals surface area contributed by atoms with Crippen LogP contribution in [0.1, 0.15) is 65.6 Å². The fraction of sp³-hybridized carbons (Fsp3) is 0.706. The molecule has 118 valence electrons. The second kappa shape index (κ2) is 6.49. The van der Waals surface area contributed by atoms with Crippen LogP contribution in [0.2, 0.25) is 0 Å². The van der Waals surface area contributed by atoms with Crippen molar-refractivity contribution in [2.45, 2.75) is 71.6 Å². The molecule has 3 nitrogen and oxygen atoms in total. The first kappa shape index (κ1) is 16.5. The van der Waals surface area contributed by atoms with E-state index in [-0.39, 0.29) is 18.1 Å². The molecule has 0 bridgehead atoms. The predicted octanol–water partition coefficient (Wildman–Crippen LogP) is 4.17. The van der Waals surface area contributed by atoms with Gasteiger partial charge in [0.1, 0.15) is 6.17 Å². The molecule has 21 heavy (non-hydrogen) atoms. The smallest absolute Gasteiger partial charge is 0.244 e. The van der Waals surface area contributed by atoms with E-state index >= 15 is 0 Å². The second-order valence-electron chi connectivity index (χ2n) is 6.60. The highest BCUT2D eigenvalue weighted by Crippen LogP contribution is 2.36. The Hall–Kier alpha value is -0.870. The van der Waals surface area contributed by atoms with Gasteiger partial charge in [-0.25, -0.2) is 0 Å². The lowest BCUT2D eigenvalue weighted by molar-refractivity contribution is -0.135. The Bertz CT molecular complexity index is 473. The van der Waals surface area contributed by atoms with E-state index in [1.807, 2.05) is 6.92 Å². The van der Waals surface area contributed by atoms with Crippen molar-refractivity contribution >= 4 is 17.2 Å². The lowest BCUT2D eigenvalue weighted by atomic mass is 9.96. The van der Waals surface area contributed by atoms with E-state index in [1.54, 1.807) is 11.3 Å². The average molecular weight is 308 g/mol. The van der Waals surface area contributed by atoms with Crippen molar-refractivity contribution in [2.24, 2.45) is 5.92 Å². The zero-order valence-corrected chi connectivity index (χ0v) is 14.7. The number of thiophene rings is 1. The lowest BCUT2D eigenvalue weighted by Crippen LogP contribution is -2.44. The molecule has 1 fully saturated rings. The third-order valence-electron chi connectivity index (χ3n) is 4.92. The van der Waals surface area contributed by atoms with Crippen LogP contribution in [0.5, 0.6) is 0 Å². The molecule has 0 aromatic carbocycles. The van der Waals surface area contributed by atoms with Crippen molar-refractivity contribution in [3.8, 4) is 0 Å². The number of carbonyl (C=O) groups is 1. The first-order valence-corrected chi connectivity index (χ1v) is 8.99. The highest BCUT2D eigenvalue weighted by atomic mass is 32.1. The molecular formula is C17H28N2OS. The molecular weight excluding hydrogens is 280 g/mol. The summed E-state index contributed by atoms with van der Waals surface area (Å²) in [7, 11) is 0. The molecule has 2 heterocycles. The Morgan fingerprint density at radius 1 is 1.43 bits per heavy atom. The highest BCUT2D eigenvalue weighted by Gasteiger charge is 2.48. The van der Waals surface area contributed by atoms with E-state index in [9.17, 15) is 4.79 Å². The maximum atomic E-state index is 12.9. The number of hydrogen-bond acceptors (Lipinski definition) is 3. The molecule has 1 aliphatic heterocycles. The monoisotopic (exact) mass is 308 g/mol. The lowest BCUT2D eigenvalue weighted by Gasteiger charge is -2.31. The van der Waals surface area contributed by atoms with Gasteiger partial charge in [0.25, 0.3) is 0 Å². The van der Waals surface area contributed by atoms with Gasteiger partial charge in [-0.15, -0.1) is 0 Å². The van der Waals surface area contributed by atoms with Crippen LogP contribution in [-0.4, -0.2) is 22.4 Å². The first-order valence-electron chi connectivity index (χ1n) is 8.05. The van der Waals surface area contributed by atoms with Gasteiger partial charge in [-0.05, 0) is 55.0 Å². The van der Waals surface area contributed by atoms with Gasteiger partial charge in [-0.1, -0.05) is 27.2 Å². The van der Waals surface area contributed by atoms with Gasteiger partial charge < -0.3 is 4.90 Å². The molecule has 1 aliphatic rings. The second-order valence-corrected chi connectivity index (χ2v) is 7.38. The summed E-state index contributed by atoms with van der Waals surface area (Å²) >= 11 is 1.69. The molecule has 1 aromatic heterocycles. The number of amides is 1. The number of carbonyl (C=O) groups excluding carboxylic acids is 1. The molecule has 0 spiro atoms. The van der Waals surface area contributed by atoms with Gasteiger partial charge in [0.05, 0.1) is 5.54 Å². The van der Waals surface area contributed by atoms with Crippen LogP contribution in [-0.2, 0) is 4.79 Å². The quantitative estimate of drug-likeness (QED) is 0.855. The minimum Gasteiger partial charge on any atom is -0.319 e. The third kappa shape index (κ3) is 3.16. The molecule has 1 N–H and O–H groups in total. The van der Waals surface area contributed by atoms with Crippen molar-refractivity contribution in [3.05, 3.63) is 22.4 Å². The molecule has 0 radical (unpaired) electrons. The molecule has 1 aromatic rings. The van der Waals surface area contributed by atoms with Gasteiger partial charge in [0.2, 0.25) is 5.91 Å². The minimum absolute atomic E-state index is 0.0211. The van der Waals surface area contributed by atoms with E-state index in [1.165, 1.54) is 5.56 Å². The maximum Gasteiger partial charge on any atom is 0.244 e. The van der Waals surface area contributed by atoms with Crippen LogP contribution < -0.4 is 5.32 Å². The predicted molar refractivity (Wildman–Crippen MR) is 89.3 cm³/mol. The van der Waals surface area contributed by atoms with Crippen LogP contribution in [0.25, 0.3) is 0 Å². The number of rotatable bonds is 6. The number of nitrogens with zero attached hydrogens (tertiary/aromatic N) is 1. The molecule has 0 aliphatic carbocycles. The van der Waals surface area contributed by atoms with Crippen molar-refractivity contribution < 1.29 is 4.79 Å². The maximum absolute atomic E-state index is 12.9. The largest absolute Gasteiger partial charge is 0.319 e.